The van der Waals surface area contributed by atoms with Gasteiger partial charge >= 0.3 is 0 Å². The molecular formula is C7H11NOS. The highest BCUT2D eigenvalue weighted by Crippen LogP contribution is 2.43. The van der Waals surface area contributed by atoms with Crippen LogP contribution >= 0.6 is 11.8 Å². The summed E-state index contributed by atoms with van der Waals surface area (Å²) in [7, 11) is 0. The first kappa shape index (κ1) is 6.53. The Hall–Kier alpha value is -0.180. The van der Waals surface area contributed by atoms with Crippen LogP contribution in [0.15, 0.2) is 0 Å². The van der Waals surface area contributed by atoms with Crippen molar-refractivity contribution in [2.24, 2.45) is 0 Å². The van der Waals surface area contributed by atoms with Gasteiger partial charge in [-0.3, -0.25) is 4.79 Å². The van der Waals surface area contributed by atoms with E-state index in [1.807, 2.05) is 16.7 Å². The van der Waals surface area contributed by atoms with E-state index in [0.717, 1.165) is 6.42 Å². The van der Waals surface area contributed by atoms with E-state index in [0.29, 0.717) is 22.6 Å². The maximum absolute atomic E-state index is 11.0. The van der Waals surface area contributed by atoms with Crippen molar-refractivity contribution in [1.29, 1.82) is 0 Å². The number of hydrogen-bond donors (Lipinski definition) is 0. The van der Waals surface area contributed by atoms with E-state index in [-0.39, 0.29) is 0 Å². The average molecular weight is 157 g/mol. The normalized spacial score (nSPS) is 45.2. The van der Waals surface area contributed by atoms with Crippen molar-refractivity contribution in [3.8, 4) is 0 Å². The first-order valence-corrected chi connectivity index (χ1v) is 4.61. The van der Waals surface area contributed by atoms with E-state index in [1.165, 1.54) is 0 Å². The first-order valence-electron chi connectivity index (χ1n) is 3.67. The van der Waals surface area contributed by atoms with Crippen LogP contribution in [0.2, 0.25) is 0 Å². The molecule has 3 unspecified atom stereocenters. The van der Waals surface area contributed by atoms with Crippen molar-refractivity contribution in [3.63, 3.8) is 0 Å². The number of carbonyl (C=O) groups excluding carboxylic acids is 1. The molecule has 2 nitrogen and oxygen atoms in total. The number of β-lactam (4-membered cyclic amide) rings is 1. The van der Waals surface area contributed by atoms with Gasteiger partial charge in [0.25, 0.3) is 0 Å². The van der Waals surface area contributed by atoms with Gasteiger partial charge in [-0.1, -0.05) is 6.92 Å². The number of nitrogens with zero attached hydrogens (tertiary/aromatic N) is 1. The smallest absolute Gasteiger partial charge is 0.226 e. The van der Waals surface area contributed by atoms with Gasteiger partial charge in [0.15, 0.2) is 0 Å². The molecule has 0 radical (unpaired) electrons. The number of fused-ring (bicyclic) bond motifs is 1. The summed E-state index contributed by atoms with van der Waals surface area (Å²) in [4.78, 5) is 13.0. The van der Waals surface area contributed by atoms with Crippen LogP contribution in [0.1, 0.15) is 20.3 Å². The third kappa shape index (κ3) is 0.641. The molecule has 0 N–H and O–H groups in total. The number of rotatable bonds is 0. The molecular weight excluding hydrogens is 146 g/mol. The minimum absolute atomic E-state index is 0.342. The summed E-state index contributed by atoms with van der Waals surface area (Å²) in [6.45, 7) is 4.33. The fraction of sp³-hybridized carbons (Fsp3) is 0.857. The highest BCUT2D eigenvalue weighted by atomic mass is 32.2. The molecule has 3 heteroatoms. The molecule has 3 atom stereocenters. The monoisotopic (exact) mass is 157 g/mol. The molecule has 2 fully saturated rings. The fourth-order valence-electron chi connectivity index (χ4n) is 1.59. The zero-order valence-corrected chi connectivity index (χ0v) is 7.02. The highest BCUT2D eigenvalue weighted by Gasteiger charge is 2.47. The zero-order chi connectivity index (χ0) is 7.30. The first-order chi connectivity index (χ1) is 4.70. The van der Waals surface area contributed by atoms with Crippen molar-refractivity contribution in [2.45, 2.75) is 36.9 Å². The van der Waals surface area contributed by atoms with Crippen LogP contribution in [0.4, 0.5) is 0 Å². The predicted octanol–water partition coefficient (Wildman–Crippen LogP) is 1.07. The summed E-state index contributed by atoms with van der Waals surface area (Å²) in [5.41, 5.74) is 0. The third-order valence-corrected chi connectivity index (χ3v) is 3.97. The Morgan fingerprint density at radius 1 is 1.60 bits per heavy atom. The molecule has 0 aliphatic carbocycles. The van der Waals surface area contributed by atoms with Crippen molar-refractivity contribution in [2.75, 3.05) is 0 Å². The SMILES string of the molecule is CC1SC2CC(=O)N2C1C. The lowest BCUT2D eigenvalue weighted by molar-refractivity contribution is -0.143. The number of carbonyl (C=O) groups is 1. The van der Waals surface area contributed by atoms with Crippen LogP contribution in [0.25, 0.3) is 0 Å². The second kappa shape index (κ2) is 1.91. The predicted molar refractivity (Wildman–Crippen MR) is 41.8 cm³/mol. The van der Waals surface area contributed by atoms with Crippen LogP contribution in [0.5, 0.6) is 0 Å². The van der Waals surface area contributed by atoms with Crippen molar-refractivity contribution < 1.29 is 4.79 Å². The summed E-state index contributed by atoms with van der Waals surface area (Å²) >= 11 is 1.93. The number of amides is 1. The van der Waals surface area contributed by atoms with Gasteiger partial charge in [-0.05, 0) is 6.92 Å². The zero-order valence-electron chi connectivity index (χ0n) is 6.20. The maximum Gasteiger partial charge on any atom is 0.226 e. The van der Waals surface area contributed by atoms with Gasteiger partial charge in [-0.15, -0.1) is 11.8 Å². The molecule has 0 saturated carbocycles. The van der Waals surface area contributed by atoms with Gasteiger partial charge in [-0.2, -0.15) is 0 Å². The molecule has 56 valence electrons. The molecule has 0 spiro atoms. The Bertz CT molecular complexity index is 182. The van der Waals surface area contributed by atoms with E-state index in [9.17, 15) is 4.79 Å². The van der Waals surface area contributed by atoms with Crippen molar-refractivity contribution >= 4 is 17.7 Å². The minimum Gasteiger partial charge on any atom is -0.326 e. The summed E-state index contributed by atoms with van der Waals surface area (Å²) in [5, 5.41) is 1.16. The quantitative estimate of drug-likeness (QED) is 0.490. The molecule has 1 amide bonds. The van der Waals surface area contributed by atoms with Crippen molar-refractivity contribution in [3.05, 3.63) is 0 Å². The highest BCUT2D eigenvalue weighted by molar-refractivity contribution is 8.00. The standard InChI is InChI=1S/C7H11NOS/c1-4-5(2)10-7-3-6(9)8(4)7/h4-5,7H,3H2,1-2H3. The molecule has 2 aliphatic heterocycles. The Morgan fingerprint density at radius 2 is 2.30 bits per heavy atom. The van der Waals surface area contributed by atoms with Gasteiger partial charge in [0.05, 0.1) is 11.8 Å². The minimum atomic E-state index is 0.342. The molecule has 2 saturated heterocycles. The molecule has 0 aromatic heterocycles. The molecule has 0 aromatic rings. The van der Waals surface area contributed by atoms with E-state index < -0.39 is 0 Å². The molecule has 2 aliphatic rings. The van der Waals surface area contributed by atoms with Gasteiger partial charge in [0.2, 0.25) is 5.91 Å². The second-order valence-corrected chi connectivity index (χ2v) is 4.60. The molecule has 2 rings (SSSR count). The molecule has 0 bridgehead atoms. The van der Waals surface area contributed by atoms with Gasteiger partial charge < -0.3 is 4.90 Å². The van der Waals surface area contributed by atoms with Crippen LogP contribution in [0.3, 0.4) is 0 Å². The Kier molecular flexibility index (Phi) is 1.24. The van der Waals surface area contributed by atoms with Crippen LogP contribution in [-0.4, -0.2) is 27.5 Å². The van der Waals surface area contributed by atoms with E-state index in [4.69, 9.17) is 0 Å². The summed E-state index contributed by atoms with van der Waals surface area (Å²) in [6, 6.07) is 0.469. The lowest BCUT2D eigenvalue weighted by Crippen LogP contribution is -2.51. The number of thioether (sulfide) groups is 1. The lowest BCUT2D eigenvalue weighted by atomic mass is 10.1. The molecule has 0 aromatic carbocycles. The summed E-state index contributed by atoms with van der Waals surface area (Å²) in [6.07, 6.45) is 0.777. The molecule has 10 heavy (non-hydrogen) atoms. The molecule has 2 heterocycles. The number of hydrogen-bond acceptors (Lipinski definition) is 2. The average Bonchev–Trinajstić information content (AvgIpc) is 2.05. The topological polar surface area (TPSA) is 20.3 Å². The van der Waals surface area contributed by atoms with Crippen LogP contribution in [-0.2, 0) is 4.79 Å². The van der Waals surface area contributed by atoms with Crippen LogP contribution < -0.4 is 0 Å². The van der Waals surface area contributed by atoms with Gasteiger partial charge in [0.1, 0.15) is 0 Å². The summed E-state index contributed by atoms with van der Waals surface area (Å²) in [5.74, 6) is 0.342. The Balaban J connectivity index is 2.15. The second-order valence-electron chi connectivity index (χ2n) is 3.04. The van der Waals surface area contributed by atoms with Gasteiger partial charge in [0, 0.05) is 11.3 Å². The van der Waals surface area contributed by atoms with E-state index in [2.05, 4.69) is 13.8 Å². The van der Waals surface area contributed by atoms with Crippen molar-refractivity contribution in [1.82, 2.24) is 4.90 Å². The van der Waals surface area contributed by atoms with Crippen LogP contribution in [0, 0.1) is 0 Å². The fourth-order valence-corrected chi connectivity index (χ4v) is 3.13. The van der Waals surface area contributed by atoms with E-state index in [1.54, 1.807) is 0 Å². The summed E-state index contributed by atoms with van der Waals surface area (Å²) < 4.78 is 0. The lowest BCUT2D eigenvalue weighted by Gasteiger charge is -2.36. The third-order valence-electron chi connectivity index (χ3n) is 2.44. The Labute approximate surface area is 65.0 Å². The largest absolute Gasteiger partial charge is 0.326 e. The van der Waals surface area contributed by atoms with Gasteiger partial charge in [-0.25, -0.2) is 0 Å². The Morgan fingerprint density at radius 3 is 2.70 bits per heavy atom. The van der Waals surface area contributed by atoms with E-state index >= 15 is 0 Å². The maximum atomic E-state index is 11.0.